The average Bonchev–Trinajstić information content (AvgIpc) is 2.71. The summed E-state index contributed by atoms with van der Waals surface area (Å²) in [6, 6.07) is -0.180. The van der Waals surface area contributed by atoms with Gasteiger partial charge < -0.3 is 10.4 Å². The SMILES string of the molecule is CC1CCc2c(C(=O)N[C@@H](C)CO)csc2C1. The van der Waals surface area contributed by atoms with E-state index in [0.29, 0.717) is 0 Å². The minimum absolute atomic E-state index is 0.0187. The fourth-order valence-corrected chi connectivity index (χ4v) is 3.46. The molecule has 2 N–H and O–H groups in total. The largest absolute Gasteiger partial charge is 0.394 e. The molecule has 2 atom stereocenters. The molecule has 17 heavy (non-hydrogen) atoms. The number of carbonyl (C=O) groups is 1. The molecule has 0 fully saturated rings. The summed E-state index contributed by atoms with van der Waals surface area (Å²) in [6.07, 6.45) is 3.28. The molecule has 4 heteroatoms. The highest BCUT2D eigenvalue weighted by Crippen LogP contribution is 2.32. The summed E-state index contributed by atoms with van der Waals surface area (Å²) in [7, 11) is 0. The number of fused-ring (bicyclic) bond motifs is 1. The number of hydrogen-bond acceptors (Lipinski definition) is 3. The monoisotopic (exact) mass is 253 g/mol. The second-order valence-electron chi connectivity index (χ2n) is 4.96. The Bertz CT molecular complexity index is 414. The third-order valence-electron chi connectivity index (χ3n) is 3.30. The van der Waals surface area contributed by atoms with Crippen molar-refractivity contribution in [2.45, 2.75) is 39.2 Å². The topological polar surface area (TPSA) is 49.3 Å². The molecule has 1 aromatic heterocycles. The molecule has 1 aliphatic rings. The van der Waals surface area contributed by atoms with E-state index in [-0.39, 0.29) is 18.6 Å². The molecule has 0 bridgehead atoms. The molecule has 1 heterocycles. The lowest BCUT2D eigenvalue weighted by Crippen LogP contribution is -2.35. The van der Waals surface area contributed by atoms with Crippen LogP contribution >= 0.6 is 11.3 Å². The van der Waals surface area contributed by atoms with Crippen molar-refractivity contribution in [3.05, 3.63) is 21.4 Å². The highest BCUT2D eigenvalue weighted by Gasteiger charge is 2.23. The molecule has 0 spiro atoms. The van der Waals surface area contributed by atoms with Gasteiger partial charge in [-0.05, 0) is 37.7 Å². The number of aliphatic hydroxyl groups excluding tert-OH is 1. The highest BCUT2D eigenvalue weighted by atomic mass is 32.1. The van der Waals surface area contributed by atoms with Gasteiger partial charge in [0.05, 0.1) is 12.2 Å². The summed E-state index contributed by atoms with van der Waals surface area (Å²) in [4.78, 5) is 13.4. The fourth-order valence-electron chi connectivity index (χ4n) is 2.21. The molecule has 0 radical (unpaired) electrons. The number of carbonyl (C=O) groups excluding carboxylic acids is 1. The van der Waals surface area contributed by atoms with E-state index in [4.69, 9.17) is 5.11 Å². The maximum absolute atomic E-state index is 12.0. The molecule has 1 aromatic rings. The van der Waals surface area contributed by atoms with E-state index >= 15 is 0 Å². The molecule has 0 saturated carbocycles. The quantitative estimate of drug-likeness (QED) is 0.865. The van der Waals surface area contributed by atoms with Crippen LogP contribution < -0.4 is 5.32 Å². The molecule has 94 valence electrons. The van der Waals surface area contributed by atoms with Crippen LogP contribution in [0.1, 0.15) is 41.1 Å². The Morgan fingerprint density at radius 1 is 1.71 bits per heavy atom. The van der Waals surface area contributed by atoms with Crippen LogP contribution in [-0.2, 0) is 12.8 Å². The zero-order valence-electron chi connectivity index (χ0n) is 10.3. The predicted molar refractivity (Wildman–Crippen MR) is 69.5 cm³/mol. The van der Waals surface area contributed by atoms with Crippen LogP contribution in [0.4, 0.5) is 0 Å². The molecule has 0 aromatic carbocycles. The first-order chi connectivity index (χ1) is 8.11. The lowest BCUT2D eigenvalue weighted by Gasteiger charge is -2.19. The molecule has 2 rings (SSSR count). The summed E-state index contributed by atoms with van der Waals surface area (Å²) in [5, 5.41) is 13.7. The van der Waals surface area contributed by atoms with E-state index in [2.05, 4.69) is 12.2 Å². The second kappa shape index (κ2) is 5.19. The van der Waals surface area contributed by atoms with Gasteiger partial charge in [0.2, 0.25) is 0 Å². The van der Waals surface area contributed by atoms with Crippen LogP contribution in [0.25, 0.3) is 0 Å². The van der Waals surface area contributed by atoms with Crippen LogP contribution in [0, 0.1) is 5.92 Å². The smallest absolute Gasteiger partial charge is 0.252 e. The third kappa shape index (κ3) is 2.69. The van der Waals surface area contributed by atoms with Crippen LogP contribution in [-0.4, -0.2) is 23.7 Å². The van der Waals surface area contributed by atoms with E-state index in [9.17, 15) is 4.79 Å². The number of aliphatic hydroxyl groups is 1. The molecule has 0 aliphatic heterocycles. The zero-order valence-corrected chi connectivity index (χ0v) is 11.1. The Morgan fingerprint density at radius 2 is 2.47 bits per heavy atom. The molecular formula is C13H19NO2S. The Kier molecular flexibility index (Phi) is 3.84. The second-order valence-corrected chi connectivity index (χ2v) is 5.92. The van der Waals surface area contributed by atoms with Gasteiger partial charge in [-0.3, -0.25) is 4.79 Å². The van der Waals surface area contributed by atoms with Crippen LogP contribution in [0.3, 0.4) is 0 Å². The van der Waals surface area contributed by atoms with Crippen molar-refractivity contribution in [2.75, 3.05) is 6.61 Å². The number of nitrogens with one attached hydrogen (secondary N) is 1. The van der Waals surface area contributed by atoms with E-state index in [1.54, 1.807) is 18.3 Å². The van der Waals surface area contributed by atoms with Gasteiger partial charge in [-0.15, -0.1) is 11.3 Å². The number of amides is 1. The van der Waals surface area contributed by atoms with Crippen molar-refractivity contribution in [3.8, 4) is 0 Å². The van der Waals surface area contributed by atoms with Crippen molar-refractivity contribution in [1.82, 2.24) is 5.32 Å². The van der Waals surface area contributed by atoms with Crippen molar-refractivity contribution in [1.29, 1.82) is 0 Å². The van der Waals surface area contributed by atoms with Gasteiger partial charge in [0.1, 0.15) is 0 Å². The van der Waals surface area contributed by atoms with E-state index in [1.807, 2.05) is 5.38 Å². The standard InChI is InChI=1S/C13H19NO2S/c1-8-3-4-10-11(7-17-12(10)5-8)13(16)14-9(2)6-15/h7-9,15H,3-6H2,1-2H3,(H,14,16)/t8?,9-/m0/s1. The van der Waals surface area contributed by atoms with Crippen molar-refractivity contribution >= 4 is 17.2 Å². The van der Waals surface area contributed by atoms with Crippen LogP contribution in [0.15, 0.2) is 5.38 Å². The van der Waals surface area contributed by atoms with Gasteiger partial charge in [0, 0.05) is 16.3 Å². The lowest BCUT2D eigenvalue weighted by atomic mass is 9.88. The molecule has 0 saturated heterocycles. The summed E-state index contributed by atoms with van der Waals surface area (Å²) >= 11 is 1.70. The van der Waals surface area contributed by atoms with Crippen molar-refractivity contribution in [2.24, 2.45) is 5.92 Å². The number of hydrogen-bond donors (Lipinski definition) is 2. The Morgan fingerprint density at radius 3 is 3.18 bits per heavy atom. The molecule has 1 amide bonds. The molecule has 1 unspecified atom stereocenters. The maximum Gasteiger partial charge on any atom is 0.252 e. The van der Waals surface area contributed by atoms with Gasteiger partial charge in [-0.1, -0.05) is 6.92 Å². The molecule has 1 aliphatic carbocycles. The minimum Gasteiger partial charge on any atom is -0.394 e. The summed E-state index contributed by atoms with van der Waals surface area (Å²) in [6.45, 7) is 4.05. The van der Waals surface area contributed by atoms with E-state index < -0.39 is 0 Å². The highest BCUT2D eigenvalue weighted by molar-refractivity contribution is 7.10. The van der Waals surface area contributed by atoms with E-state index in [0.717, 1.165) is 24.3 Å². The first kappa shape index (κ1) is 12.6. The van der Waals surface area contributed by atoms with Gasteiger partial charge in [-0.2, -0.15) is 0 Å². The predicted octanol–water partition coefficient (Wildman–Crippen LogP) is 1.98. The lowest BCUT2D eigenvalue weighted by molar-refractivity contribution is 0.0921. The first-order valence-corrected chi connectivity index (χ1v) is 7.00. The third-order valence-corrected chi connectivity index (χ3v) is 4.35. The minimum atomic E-state index is -0.180. The van der Waals surface area contributed by atoms with Crippen LogP contribution in [0.2, 0.25) is 0 Å². The van der Waals surface area contributed by atoms with Gasteiger partial charge in [0.25, 0.3) is 5.91 Å². The number of rotatable bonds is 3. The van der Waals surface area contributed by atoms with Gasteiger partial charge in [0.15, 0.2) is 0 Å². The Labute approximate surface area is 106 Å². The van der Waals surface area contributed by atoms with Gasteiger partial charge >= 0.3 is 0 Å². The zero-order chi connectivity index (χ0) is 12.4. The first-order valence-electron chi connectivity index (χ1n) is 6.12. The Balaban J connectivity index is 2.14. The summed E-state index contributed by atoms with van der Waals surface area (Å²) < 4.78 is 0. The van der Waals surface area contributed by atoms with Crippen LogP contribution in [0.5, 0.6) is 0 Å². The summed E-state index contributed by atoms with van der Waals surface area (Å²) in [5.74, 6) is 0.687. The molecule has 3 nitrogen and oxygen atoms in total. The van der Waals surface area contributed by atoms with E-state index in [1.165, 1.54) is 16.9 Å². The van der Waals surface area contributed by atoms with Crippen molar-refractivity contribution < 1.29 is 9.90 Å². The number of thiophene rings is 1. The van der Waals surface area contributed by atoms with Gasteiger partial charge in [-0.25, -0.2) is 0 Å². The average molecular weight is 253 g/mol. The normalized spacial score (nSPS) is 20.8. The van der Waals surface area contributed by atoms with Crippen molar-refractivity contribution in [3.63, 3.8) is 0 Å². The Hall–Kier alpha value is -0.870. The maximum atomic E-state index is 12.0. The molecular weight excluding hydrogens is 234 g/mol. The summed E-state index contributed by atoms with van der Waals surface area (Å²) in [5.41, 5.74) is 2.05. The fraction of sp³-hybridized carbons (Fsp3) is 0.615.